The quantitative estimate of drug-likeness (QED) is 0.228. The van der Waals surface area contributed by atoms with E-state index in [0.717, 1.165) is 56.1 Å². The van der Waals surface area contributed by atoms with Gasteiger partial charge in [0, 0.05) is 39.1 Å². The fraction of sp³-hybridized carbons (Fsp3) is 0.585. The van der Waals surface area contributed by atoms with Crippen molar-refractivity contribution in [3.8, 4) is 0 Å². The molecule has 1 heterocycles. The van der Waals surface area contributed by atoms with Gasteiger partial charge in [-0.2, -0.15) is 0 Å². The van der Waals surface area contributed by atoms with Crippen LogP contribution in [0.1, 0.15) is 96.6 Å². The van der Waals surface area contributed by atoms with E-state index >= 15 is 0 Å². The Hall–Kier alpha value is -4.41. The molecule has 3 atom stereocenters. The molecule has 1 saturated carbocycles. The lowest BCUT2D eigenvalue weighted by atomic mass is 9.83. The molecule has 52 heavy (non-hydrogen) atoms. The van der Waals surface area contributed by atoms with Crippen molar-refractivity contribution in [1.82, 2.24) is 20.0 Å². The van der Waals surface area contributed by atoms with Crippen LogP contribution in [0.3, 0.4) is 0 Å². The summed E-state index contributed by atoms with van der Waals surface area (Å²) in [5, 5.41) is 3.05. The Labute approximate surface area is 309 Å². The summed E-state index contributed by atoms with van der Waals surface area (Å²) in [6, 6.07) is 17.5. The van der Waals surface area contributed by atoms with Crippen molar-refractivity contribution in [3.05, 3.63) is 71.8 Å². The number of hydrogen-bond acceptors (Lipinski definition) is 7. The molecule has 4 amide bonds. The molecule has 1 saturated heterocycles. The number of hydrogen-bond donors (Lipinski definition) is 1. The number of likely N-dealkylation sites (tertiary alicyclic amines) is 1. The molecular formula is C41H58N4O7. The highest BCUT2D eigenvalue weighted by Crippen LogP contribution is 2.30. The number of benzene rings is 2. The summed E-state index contributed by atoms with van der Waals surface area (Å²) in [6.45, 7) is 8.40. The molecule has 0 aromatic heterocycles. The molecule has 1 N–H and O–H groups in total. The van der Waals surface area contributed by atoms with Crippen LogP contribution in [-0.2, 0) is 41.7 Å². The molecule has 2 aromatic carbocycles. The predicted molar refractivity (Wildman–Crippen MR) is 199 cm³/mol. The lowest BCUT2D eigenvalue weighted by Gasteiger charge is -2.37. The normalized spacial score (nSPS) is 17.5. The average molecular weight is 719 g/mol. The number of ether oxygens (including phenoxy) is 2. The number of carbonyl (C=O) groups excluding carboxylic acids is 5. The van der Waals surface area contributed by atoms with Crippen molar-refractivity contribution in [3.63, 3.8) is 0 Å². The van der Waals surface area contributed by atoms with E-state index in [1.165, 1.54) is 11.9 Å². The third-order valence-electron chi connectivity index (χ3n) is 10.1. The van der Waals surface area contributed by atoms with E-state index < -0.39 is 35.7 Å². The van der Waals surface area contributed by atoms with Crippen LogP contribution in [-0.4, -0.2) is 94.9 Å². The van der Waals surface area contributed by atoms with Crippen LogP contribution in [0, 0.1) is 5.92 Å². The number of nitrogens with zero attached hydrogens (tertiary/aromatic N) is 3. The first kappa shape index (κ1) is 40.4. The second-order valence-corrected chi connectivity index (χ2v) is 15.2. The van der Waals surface area contributed by atoms with Gasteiger partial charge in [0.05, 0.1) is 6.42 Å². The molecule has 1 aliphatic heterocycles. The van der Waals surface area contributed by atoms with Gasteiger partial charge in [-0.3, -0.25) is 24.1 Å². The number of carbonyl (C=O) groups is 5. The highest BCUT2D eigenvalue weighted by molar-refractivity contribution is 5.91. The maximum absolute atomic E-state index is 14.5. The first-order valence-electron chi connectivity index (χ1n) is 18.9. The van der Waals surface area contributed by atoms with Gasteiger partial charge in [-0.25, -0.2) is 4.79 Å². The van der Waals surface area contributed by atoms with Crippen molar-refractivity contribution in [2.45, 2.75) is 122 Å². The van der Waals surface area contributed by atoms with E-state index in [2.05, 4.69) is 5.32 Å². The summed E-state index contributed by atoms with van der Waals surface area (Å²) in [5.74, 6) is -1.18. The SMILES string of the molecule is C[C@@H](C(=O)N[C@H](C(=O)N1CCC[C@H]1CN(CCc1ccccc1)C(=O)CCC(=O)OCc1ccccc1)C1CCCCC1)N(C)C(=O)OC(C)(C)C. The largest absolute Gasteiger partial charge is 0.461 e. The fourth-order valence-corrected chi connectivity index (χ4v) is 6.94. The zero-order valence-corrected chi connectivity index (χ0v) is 31.7. The van der Waals surface area contributed by atoms with Crippen LogP contribution in [0.25, 0.3) is 0 Å². The summed E-state index contributed by atoms with van der Waals surface area (Å²) in [7, 11) is 1.52. The molecule has 0 radical (unpaired) electrons. The zero-order chi connectivity index (χ0) is 37.7. The van der Waals surface area contributed by atoms with Crippen LogP contribution in [0.2, 0.25) is 0 Å². The molecule has 11 heteroatoms. The van der Waals surface area contributed by atoms with E-state index in [1.54, 1.807) is 32.6 Å². The Kier molecular flexibility index (Phi) is 15.1. The molecular weight excluding hydrogens is 660 g/mol. The summed E-state index contributed by atoms with van der Waals surface area (Å²) in [5.41, 5.74) is 1.26. The smallest absolute Gasteiger partial charge is 0.410 e. The maximum Gasteiger partial charge on any atom is 0.410 e. The molecule has 1 aliphatic carbocycles. The average Bonchev–Trinajstić information content (AvgIpc) is 3.61. The van der Waals surface area contributed by atoms with Crippen molar-refractivity contribution >= 4 is 29.8 Å². The molecule has 4 rings (SSSR count). The second kappa shape index (κ2) is 19.4. The Morgan fingerprint density at radius 1 is 0.865 bits per heavy atom. The summed E-state index contributed by atoms with van der Waals surface area (Å²) in [4.78, 5) is 72.1. The van der Waals surface area contributed by atoms with E-state index in [4.69, 9.17) is 9.47 Å². The fourth-order valence-electron chi connectivity index (χ4n) is 6.94. The van der Waals surface area contributed by atoms with E-state index in [1.807, 2.05) is 65.6 Å². The van der Waals surface area contributed by atoms with E-state index in [0.29, 0.717) is 26.1 Å². The predicted octanol–water partition coefficient (Wildman–Crippen LogP) is 5.89. The Balaban J connectivity index is 1.45. The van der Waals surface area contributed by atoms with Gasteiger partial charge in [0.15, 0.2) is 0 Å². The van der Waals surface area contributed by atoms with Crippen LogP contribution >= 0.6 is 0 Å². The second-order valence-electron chi connectivity index (χ2n) is 15.2. The standard InChI is InChI=1S/C41H58N4O7/c1-30(43(5)40(50)52-41(2,3)4)38(48)42-37(33-20-13-8-14-21-33)39(49)45-26-15-22-34(45)28-44(27-25-31-16-9-6-10-17-31)35(46)23-24-36(47)51-29-32-18-11-7-12-19-32/h6-7,9-12,16-19,30,33-34,37H,8,13-15,20-29H2,1-5H3,(H,42,48)/t30-,34-,37-/m0/s1. The third-order valence-corrected chi connectivity index (χ3v) is 10.1. The van der Waals surface area contributed by atoms with E-state index in [-0.39, 0.29) is 43.2 Å². The van der Waals surface area contributed by atoms with Crippen LogP contribution in [0.4, 0.5) is 4.79 Å². The van der Waals surface area contributed by atoms with Gasteiger partial charge in [0.25, 0.3) is 0 Å². The highest BCUT2D eigenvalue weighted by Gasteiger charge is 2.40. The van der Waals surface area contributed by atoms with Crippen LogP contribution in [0.15, 0.2) is 60.7 Å². The molecule has 2 aliphatic rings. The molecule has 2 fully saturated rings. The molecule has 2 aromatic rings. The summed E-state index contributed by atoms with van der Waals surface area (Å²) >= 11 is 0. The number of amides is 4. The minimum absolute atomic E-state index is 0.00684. The Morgan fingerprint density at radius 2 is 1.50 bits per heavy atom. The number of nitrogens with one attached hydrogen (secondary N) is 1. The highest BCUT2D eigenvalue weighted by atomic mass is 16.6. The van der Waals surface area contributed by atoms with Gasteiger partial charge in [-0.05, 0) is 76.8 Å². The van der Waals surface area contributed by atoms with Crippen LogP contribution < -0.4 is 5.32 Å². The first-order chi connectivity index (χ1) is 24.8. The lowest BCUT2D eigenvalue weighted by molar-refractivity contribution is -0.147. The monoisotopic (exact) mass is 718 g/mol. The van der Waals surface area contributed by atoms with E-state index in [9.17, 15) is 24.0 Å². The van der Waals surface area contributed by atoms with Crippen LogP contribution in [0.5, 0.6) is 0 Å². The summed E-state index contributed by atoms with van der Waals surface area (Å²) in [6.07, 6.45) is 6.21. The zero-order valence-electron chi connectivity index (χ0n) is 31.7. The number of rotatable bonds is 15. The number of likely N-dealkylation sites (N-methyl/N-ethyl adjacent to an activating group) is 1. The topological polar surface area (TPSA) is 126 Å². The summed E-state index contributed by atoms with van der Waals surface area (Å²) < 4.78 is 10.9. The minimum atomic E-state index is -0.853. The minimum Gasteiger partial charge on any atom is -0.461 e. The van der Waals surface area contributed by atoms with Gasteiger partial charge in [-0.1, -0.05) is 79.9 Å². The first-order valence-corrected chi connectivity index (χ1v) is 18.9. The molecule has 0 spiro atoms. The molecule has 0 unspecified atom stereocenters. The Morgan fingerprint density at radius 3 is 2.13 bits per heavy atom. The molecule has 284 valence electrons. The van der Waals surface area contributed by atoms with Crippen molar-refractivity contribution < 1.29 is 33.4 Å². The maximum atomic E-state index is 14.5. The van der Waals surface area contributed by atoms with Gasteiger partial charge < -0.3 is 24.6 Å². The Bertz CT molecular complexity index is 1470. The van der Waals surface area contributed by atoms with Crippen molar-refractivity contribution in [2.75, 3.05) is 26.7 Å². The van der Waals surface area contributed by atoms with Gasteiger partial charge in [0.2, 0.25) is 17.7 Å². The van der Waals surface area contributed by atoms with Crippen molar-refractivity contribution in [2.24, 2.45) is 5.92 Å². The van der Waals surface area contributed by atoms with Gasteiger partial charge in [0.1, 0.15) is 24.3 Å². The van der Waals surface area contributed by atoms with Crippen molar-refractivity contribution in [1.29, 1.82) is 0 Å². The lowest BCUT2D eigenvalue weighted by Crippen LogP contribution is -2.58. The van der Waals surface area contributed by atoms with Gasteiger partial charge in [-0.15, -0.1) is 0 Å². The molecule has 11 nitrogen and oxygen atoms in total. The third kappa shape index (κ3) is 12.4. The molecule has 0 bridgehead atoms. The van der Waals surface area contributed by atoms with Gasteiger partial charge >= 0.3 is 12.1 Å². The number of esters is 1.